The van der Waals surface area contributed by atoms with Crippen LogP contribution < -0.4 is 5.32 Å². The molecule has 0 fully saturated rings. The highest BCUT2D eigenvalue weighted by Gasteiger charge is 2.22. The lowest BCUT2D eigenvalue weighted by atomic mass is 9.87. The summed E-state index contributed by atoms with van der Waals surface area (Å²) < 4.78 is 0. The molecule has 0 saturated heterocycles. The number of nitrogens with one attached hydrogen (secondary N) is 1. The summed E-state index contributed by atoms with van der Waals surface area (Å²) in [7, 11) is 0. The summed E-state index contributed by atoms with van der Waals surface area (Å²) in [5.74, 6) is 0. The fraction of sp³-hybridized carbons (Fsp3) is 0.533. The Morgan fingerprint density at radius 3 is 1.94 bits per heavy atom. The van der Waals surface area contributed by atoms with Crippen LogP contribution in [0.5, 0.6) is 0 Å². The molecule has 0 aliphatic carbocycles. The maximum absolute atomic E-state index is 8.85. The van der Waals surface area contributed by atoms with E-state index < -0.39 is 0 Å². The summed E-state index contributed by atoms with van der Waals surface area (Å²) in [5.41, 5.74) is 2.78. The maximum atomic E-state index is 8.85. The van der Waals surface area contributed by atoms with E-state index in [9.17, 15) is 0 Å². The van der Waals surface area contributed by atoms with Crippen LogP contribution in [-0.2, 0) is 5.41 Å². The van der Waals surface area contributed by atoms with Crippen LogP contribution in [0.15, 0.2) is 29.4 Å². The molecule has 0 saturated carbocycles. The Kier molecular flexibility index (Phi) is 4.05. The molecule has 0 radical (unpaired) electrons. The number of rotatable bonds is 3. The van der Waals surface area contributed by atoms with Gasteiger partial charge in [0.25, 0.3) is 0 Å². The van der Waals surface area contributed by atoms with Gasteiger partial charge in [-0.15, -0.1) is 0 Å². The van der Waals surface area contributed by atoms with Gasteiger partial charge < -0.3 is 10.5 Å². The standard InChI is InChI=1S/C15H24N2O/c1-11(17-18)15(5,6)16-13-9-7-12(8-10-13)14(2,3)4/h7-10,16,18H,1-6H3/b17-11+. The highest BCUT2D eigenvalue weighted by molar-refractivity contribution is 5.92. The Morgan fingerprint density at radius 1 is 1.06 bits per heavy atom. The fourth-order valence-electron chi connectivity index (χ4n) is 1.63. The van der Waals surface area contributed by atoms with Crippen LogP contribution in [0.25, 0.3) is 0 Å². The van der Waals surface area contributed by atoms with Crippen molar-refractivity contribution in [2.24, 2.45) is 5.16 Å². The Bertz CT molecular complexity index is 425. The molecule has 0 aliphatic heterocycles. The Hall–Kier alpha value is -1.51. The molecular formula is C15H24N2O. The van der Waals surface area contributed by atoms with Crippen molar-refractivity contribution in [2.45, 2.75) is 52.5 Å². The quantitative estimate of drug-likeness (QED) is 0.482. The third-order valence-corrected chi connectivity index (χ3v) is 3.26. The van der Waals surface area contributed by atoms with Crippen molar-refractivity contribution >= 4 is 11.4 Å². The lowest BCUT2D eigenvalue weighted by Crippen LogP contribution is -2.38. The average Bonchev–Trinajstić information content (AvgIpc) is 2.26. The van der Waals surface area contributed by atoms with Crippen molar-refractivity contribution < 1.29 is 5.21 Å². The van der Waals surface area contributed by atoms with Gasteiger partial charge in [0.2, 0.25) is 0 Å². The monoisotopic (exact) mass is 248 g/mol. The Balaban J connectivity index is 2.88. The van der Waals surface area contributed by atoms with Crippen molar-refractivity contribution in [3.05, 3.63) is 29.8 Å². The lowest BCUT2D eigenvalue weighted by Gasteiger charge is -2.27. The van der Waals surface area contributed by atoms with Crippen LogP contribution in [0, 0.1) is 0 Å². The average molecular weight is 248 g/mol. The van der Waals surface area contributed by atoms with Gasteiger partial charge in [0.05, 0.1) is 11.3 Å². The van der Waals surface area contributed by atoms with Gasteiger partial charge in [-0.25, -0.2) is 0 Å². The van der Waals surface area contributed by atoms with Crippen LogP contribution in [-0.4, -0.2) is 16.5 Å². The molecule has 3 heteroatoms. The number of benzene rings is 1. The van der Waals surface area contributed by atoms with Crippen LogP contribution in [0.3, 0.4) is 0 Å². The van der Waals surface area contributed by atoms with Crippen LogP contribution in [0.1, 0.15) is 47.1 Å². The maximum Gasteiger partial charge on any atom is 0.0787 e. The summed E-state index contributed by atoms with van der Waals surface area (Å²) in [6, 6.07) is 8.38. The molecule has 100 valence electrons. The van der Waals surface area contributed by atoms with Crippen molar-refractivity contribution in [1.82, 2.24) is 0 Å². The summed E-state index contributed by atoms with van der Waals surface area (Å²) in [6.45, 7) is 12.4. The smallest absolute Gasteiger partial charge is 0.0787 e. The minimum atomic E-state index is -0.363. The molecule has 0 unspecified atom stereocenters. The van der Waals surface area contributed by atoms with E-state index in [0.29, 0.717) is 5.71 Å². The normalized spacial score (nSPS) is 13.6. The second-order valence-corrected chi connectivity index (χ2v) is 6.26. The van der Waals surface area contributed by atoms with Gasteiger partial charge in [0.15, 0.2) is 0 Å². The zero-order valence-corrected chi connectivity index (χ0v) is 12.2. The topological polar surface area (TPSA) is 44.6 Å². The van der Waals surface area contributed by atoms with Gasteiger partial charge in [-0.2, -0.15) is 0 Å². The van der Waals surface area contributed by atoms with Crippen LogP contribution in [0.4, 0.5) is 5.69 Å². The molecule has 0 aromatic heterocycles. The molecule has 0 heterocycles. The van der Waals surface area contributed by atoms with E-state index in [1.165, 1.54) is 5.56 Å². The number of hydrogen-bond donors (Lipinski definition) is 2. The first-order chi connectivity index (χ1) is 8.16. The third kappa shape index (κ3) is 3.49. The molecule has 18 heavy (non-hydrogen) atoms. The van der Waals surface area contributed by atoms with E-state index >= 15 is 0 Å². The first kappa shape index (κ1) is 14.6. The molecule has 0 spiro atoms. The number of hydrogen-bond acceptors (Lipinski definition) is 3. The van der Waals surface area contributed by atoms with E-state index in [1.807, 2.05) is 13.8 Å². The first-order valence-corrected chi connectivity index (χ1v) is 6.24. The van der Waals surface area contributed by atoms with Gasteiger partial charge in [-0.05, 0) is 43.9 Å². The second-order valence-electron chi connectivity index (χ2n) is 6.26. The summed E-state index contributed by atoms with van der Waals surface area (Å²) in [6.07, 6.45) is 0. The molecule has 3 nitrogen and oxygen atoms in total. The molecule has 1 rings (SSSR count). The van der Waals surface area contributed by atoms with Gasteiger partial charge in [0, 0.05) is 5.69 Å². The molecule has 0 amide bonds. The third-order valence-electron chi connectivity index (χ3n) is 3.26. The van der Waals surface area contributed by atoms with Gasteiger partial charge >= 0.3 is 0 Å². The molecule has 0 bridgehead atoms. The Labute approximate surface area is 110 Å². The molecule has 0 aliphatic rings. The first-order valence-electron chi connectivity index (χ1n) is 6.24. The van der Waals surface area contributed by atoms with Crippen molar-refractivity contribution in [3.8, 4) is 0 Å². The van der Waals surface area contributed by atoms with E-state index in [4.69, 9.17) is 5.21 Å². The van der Waals surface area contributed by atoms with Crippen LogP contribution in [0.2, 0.25) is 0 Å². The van der Waals surface area contributed by atoms with E-state index in [0.717, 1.165) is 5.69 Å². The largest absolute Gasteiger partial charge is 0.411 e. The highest BCUT2D eigenvalue weighted by atomic mass is 16.4. The predicted octanol–water partition coefficient (Wildman–Crippen LogP) is 4.02. The summed E-state index contributed by atoms with van der Waals surface area (Å²) in [5, 5.41) is 15.5. The SMILES string of the molecule is C/C(=N\O)C(C)(C)Nc1ccc(C(C)(C)C)cc1. The van der Waals surface area contributed by atoms with Crippen molar-refractivity contribution in [1.29, 1.82) is 0 Å². The van der Waals surface area contributed by atoms with Crippen molar-refractivity contribution in [3.63, 3.8) is 0 Å². The molecular weight excluding hydrogens is 224 g/mol. The minimum Gasteiger partial charge on any atom is -0.411 e. The van der Waals surface area contributed by atoms with E-state index in [1.54, 1.807) is 6.92 Å². The summed E-state index contributed by atoms with van der Waals surface area (Å²) in [4.78, 5) is 0. The molecule has 1 aromatic carbocycles. The molecule has 1 aromatic rings. The fourth-order valence-corrected chi connectivity index (χ4v) is 1.63. The minimum absolute atomic E-state index is 0.163. The van der Waals surface area contributed by atoms with Gasteiger partial charge in [-0.1, -0.05) is 38.1 Å². The number of anilines is 1. The van der Waals surface area contributed by atoms with Crippen molar-refractivity contribution in [2.75, 3.05) is 5.32 Å². The second kappa shape index (κ2) is 5.01. The molecule has 0 atom stereocenters. The number of oxime groups is 1. The predicted molar refractivity (Wildman–Crippen MR) is 77.7 cm³/mol. The lowest BCUT2D eigenvalue weighted by molar-refractivity contribution is 0.314. The van der Waals surface area contributed by atoms with Crippen LogP contribution >= 0.6 is 0 Å². The van der Waals surface area contributed by atoms with Gasteiger partial charge in [0.1, 0.15) is 0 Å². The highest BCUT2D eigenvalue weighted by Crippen LogP contribution is 2.24. The zero-order chi connectivity index (χ0) is 14.0. The number of nitrogens with zero attached hydrogens (tertiary/aromatic N) is 1. The van der Waals surface area contributed by atoms with E-state index in [2.05, 4.69) is 55.5 Å². The zero-order valence-electron chi connectivity index (χ0n) is 12.2. The molecule has 2 N–H and O–H groups in total. The van der Waals surface area contributed by atoms with E-state index in [-0.39, 0.29) is 11.0 Å². The van der Waals surface area contributed by atoms with Gasteiger partial charge in [-0.3, -0.25) is 0 Å². The Morgan fingerprint density at radius 2 is 1.56 bits per heavy atom. The summed E-state index contributed by atoms with van der Waals surface area (Å²) >= 11 is 0.